The zero-order chi connectivity index (χ0) is 18.1. The van der Waals surface area contributed by atoms with Gasteiger partial charge < -0.3 is 14.8 Å². The van der Waals surface area contributed by atoms with Crippen molar-refractivity contribution in [2.24, 2.45) is 0 Å². The average molecular weight is 359 g/mol. The van der Waals surface area contributed by atoms with E-state index in [1.165, 1.54) is 11.1 Å². The van der Waals surface area contributed by atoms with Crippen molar-refractivity contribution in [3.8, 4) is 11.5 Å². The number of hydrogen-bond donors (Lipinski definition) is 1. The predicted octanol–water partition coefficient (Wildman–Crippen LogP) is 3.60. The van der Waals surface area contributed by atoms with E-state index in [4.69, 9.17) is 9.47 Å². The van der Waals surface area contributed by atoms with Crippen LogP contribution >= 0.6 is 11.8 Å². The monoisotopic (exact) mass is 359 g/mol. The van der Waals surface area contributed by atoms with E-state index in [2.05, 4.69) is 24.4 Å². The Balaban J connectivity index is 1.71. The Morgan fingerprint density at radius 2 is 1.84 bits per heavy atom. The lowest BCUT2D eigenvalue weighted by molar-refractivity contribution is -0.118. The number of aryl methyl sites for hydroxylation is 1. The second-order valence-electron chi connectivity index (χ2n) is 5.71. The third-order valence-corrected chi connectivity index (χ3v) is 4.92. The van der Waals surface area contributed by atoms with Crippen LogP contribution < -0.4 is 14.8 Å². The van der Waals surface area contributed by atoms with E-state index in [-0.39, 0.29) is 5.91 Å². The van der Waals surface area contributed by atoms with Gasteiger partial charge in [-0.05, 0) is 42.2 Å². The van der Waals surface area contributed by atoms with Crippen LogP contribution in [-0.2, 0) is 17.0 Å². The first kappa shape index (κ1) is 19.2. The Kier molecular flexibility index (Phi) is 7.67. The second-order valence-corrected chi connectivity index (χ2v) is 6.69. The molecule has 5 heteroatoms. The molecule has 0 atom stereocenters. The minimum absolute atomic E-state index is 0.0686. The molecule has 1 N–H and O–H groups in total. The number of benzene rings is 2. The van der Waals surface area contributed by atoms with Crippen molar-refractivity contribution < 1.29 is 14.3 Å². The number of thioether (sulfide) groups is 1. The summed E-state index contributed by atoms with van der Waals surface area (Å²) in [6.45, 7) is 2.71. The molecule has 2 aromatic rings. The maximum atomic E-state index is 12.0. The minimum Gasteiger partial charge on any atom is -0.493 e. The molecule has 2 rings (SSSR count). The Morgan fingerprint density at radius 1 is 1.08 bits per heavy atom. The molecule has 4 nitrogen and oxygen atoms in total. The summed E-state index contributed by atoms with van der Waals surface area (Å²) in [5.41, 5.74) is 3.65. The molecule has 0 saturated carbocycles. The first-order valence-corrected chi connectivity index (χ1v) is 9.39. The van der Waals surface area contributed by atoms with Crippen molar-refractivity contribution in [2.75, 3.05) is 26.5 Å². The van der Waals surface area contributed by atoms with Gasteiger partial charge in [0, 0.05) is 12.3 Å². The zero-order valence-corrected chi connectivity index (χ0v) is 15.8. The molecule has 0 unspecified atom stereocenters. The van der Waals surface area contributed by atoms with E-state index in [9.17, 15) is 4.79 Å². The van der Waals surface area contributed by atoms with Gasteiger partial charge in [-0.1, -0.05) is 30.3 Å². The summed E-state index contributed by atoms with van der Waals surface area (Å²) in [4.78, 5) is 12.0. The molecule has 134 valence electrons. The molecule has 2 aromatic carbocycles. The molecule has 0 radical (unpaired) electrons. The lowest BCUT2D eigenvalue weighted by Gasteiger charge is -2.10. The average Bonchev–Trinajstić information content (AvgIpc) is 2.63. The van der Waals surface area contributed by atoms with Gasteiger partial charge in [0.05, 0.1) is 20.0 Å². The van der Waals surface area contributed by atoms with E-state index < -0.39 is 0 Å². The molecule has 0 bridgehead atoms. The van der Waals surface area contributed by atoms with Gasteiger partial charge >= 0.3 is 0 Å². The van der Waals surface area contributed by atoms with Crippen molar-refractivity contribution in [1.29, 1.82) is 0 Å². The smallest absolute Gasteiger partial charge is 0.230 e. The van der Waals surface area contributed by atoms with Crippen LogP contribution in [-0.4, -0.2) is 32.4 Å². The standard InChI is InChI=1S/C20H25NO3S/c1-15-6-4-5-7-17(15)13-25-14-20(22)21-11-10-16-8-9-18(23-2)19(12-16)24-3/h4-9,12H,10-11,13-14H2,1-3H3,(H,21,22). The minimum atomic E-state index is 0.0686. The molecule has 0 fully saturated rings. The van der Waals surface area contributed by atoms with Crippen LogP contribution in [0.1, 0.15) is 16.7 Å². The molecule has 0 aromatic heterocycles. The molecule has 1 amide bonds. The summed E-state index contributed by atoms with van der Waals surface area (Å²) < 4.78 is 10.5. The summed E-state index contributed by atoms with van der Waals surface area (Å²) >= 11 is 1.64. The fraction of sp³-hybridized carbons (Fsp3) is 0.350. The number of carbonyl (C=O) groups is 1. The van der Waals surface area contributed by atoms with Gasteiger partial charge in [-0.3, -0.25) is 4.79 Å². The maximum Gasteiger partial charge on any atom is 0.230 e. The highest BCUT2D eigenvalue weighted by Crippen LogP contribution is 2.27. The Hall–Kier alpha value is -2.14. The van der Waals surface area contributed by atoms with Crippen LogP contribution in [0.3, 0.4) is 0 Å². The molecule has 0 aliphatic rings. The first-order chi connectivity index (χ1) is 12.1. The van der Waals surface area contributed by atoms with E-state index >= 15 is 0 Å². The topological polar surface area (TPSA) is 47.6 Å². The number of carbonyl (C=O) groups excluding carboxylic acids is 1. The van der Waals surface area contributed by atoms with E-state index in [1.54, 1.807) is 26.0 Å². The van der Waals surface area contributed by atoms with Gasteiger partial charge in [0.1, 0.15) is 0 Å². The van der Waals surface area contributed by atoms with Crippen molar-refractivity contribution in [1.82, 2.24) is 5.32 Å². The van der Waals surface area contributed by atoms with Gasteiger partial charge in [0.25, 0.3) is 0 Å². The molecule has 0 spiro atoms. The van der Waals surface area contributed by atoms with Crippen LogP contribution in [0, 0.1) is 6.92 Å². The highest BCUT2D eigenvalue weighted by Gasteiger charge is 2.06. The Bertz CT molecular complexity index is 703. The molecular weight excluding hydrogens is 334 g/mol. The van der Waals surface area contributed by atoms with Gasteiger partial charge in [-0.25, -0.2) is 0 Å². The highest BCUT2D eigenvalue weighted by molar-refractivity contribution is 7.99. The Labute approximate surface area is 153 Å². The first-order valence-electron chi connectivity index (χ1n) is 8.24. The van der Waals surface area contributed by atoms with E-state index in [1.807, 2.05) is 30.3 Å². The van der Waals surface area contributed by atoms with Crippen LogP contribution in [0.2, 0.25) is 0 Å². The summed E-state index contributed by atoms with van der Waals surface area (Å²) in [6.07, 6.45) is 0.758. The summed E-state index contributed by atoms with van der Waals surface area (Å²) in [6, 6.07) is 14.1. The van der Waals surface area contributed by atoms with Crippen LogP contribution in [0.5, 0.6) is 11.5 Å². The second kappa shape index (κ2) is 9.99. The lowest BCUT2D eigenvalue weighted by atomic mass is 10.1. The largest absolute Gasteiger partial charge is 0.493 e. The summed E-state index contributed by atoms with van der Waals surface area (Å²) in [5, 5.41) is 2.97. The number of amides is 1. The summed E-state index contributed by atoms with van der Waals surface area (Å²) in [5.74, 6) is 2.82. The van der Waals surface area contributed by atoms with Gasteiger partial charge in [-0.15, -0.1) is 11.8 Å². The number of methoxy groups -OCH3 is 2. The fourth-order valence-electron chi connectivity index (χ4n) is 2.46. The van der Waals surface area contributed by atoms with Gasteiger partial charge in [0.15, 0.2) is 11.5 Å². The van der Waals surface area contributed by atoms with Crippen molar-refractivity contribution in [3.63, 3.8) is 0 Å². The van der Waals surface area contributed by atoms with Crippen LogP contribution in [0.4, 0.5) is 0 Å². The molecule has 25 heavy (non-hydrogen) atoms. The maximum absolute atomic E-state index is 12.0. The molecule has 0 heterocycles. The number of ether oxygens (including phenoxy) is 2. The third kappa shape index (κ3) is 6.02. The zero-order valence-electron chi connectivity index (χ0n) is 15.0. The number of nitrogens with one attached hydrogen (secondary N) is 1. The normalized spacial score (nSPS) is 10.4. The quantitative estimate of drug-likeness (QED) is 0.743. The fourth-order valence-corrected chi connectivity index (χ4v) is 3.39. The molecular formula is C20H25NO3S. The highest BCUT2D eigenvalue weighted by atomic mass is 32.2. The number of rotatable bonds is 9. The molecule has 0 aliphatic heterocycles. The van der Waals surface area contributed by atoms with Crippen molar-refractivity contribution >= 4 is 17.7 Å². The summed E-state index contributed by atoms with van der Waals surface area (Å²) in [7, 11) is 3.24. The third-order valence-electron chi connectivity index (χ3n) is 3.94. The lowest BCUT2D eigenvalue weighted by Crippen LogP contribution is -2.27. The van der Waals surface area contributed by atoms with Crippen molar-refractivity contribution in [3.05, 3.63) is 59.2 Å². The van der Waals surface area contributed by atoms with Crippen LogP contribution in [0.15, 0.2) is 42.5 Å². The molecule has 0 saturated heterocycles. The predicted molar refractivity (Wildman–Crippen MR) is 104 cm³/mol. The van der Waals surface area contributed by atoms with Crippen molar-refractivity contribution in [2.45, 2.75) is 19.1 Å². The van der Waals surface area contributed by atoms with Crippen LogP contribution in [0.25, 0.3) is 0 Å². The number of hydrogen-bond acceptors (Lipinski definition) is 4. The molecule has 0 aliphatic carbocycles. The van der Waals surface area contributed by atoms with Gasteiger partial charge in [-0.2, -0.15) is 0 Å². The Morgan fingerprint density at radius 3 is 2.56 bits per heavy atom. The van der Waals surface area contributed by atoms with Gasteiger partial charge in [0.2, 0.25) is 5.91 Å². The van der Waals surface area contributed by atoms with E-state index in [0.717, 1.165) is 17.7 Å². The SMILES string of the molecule is COc1ccc(CCNC(=O)CSCc2ccccc2C)cc1OC. The van der Waals surface area contributed by atoms with E-state index in [0.29, 0.717) is 23.8 Å².